The van der Waals surface area contributed by atoms with Crippen LogP contribution < -0.4 is 15.4 Å². The number of amides is 2. The van der Waals surface area contributed by atoms with Gasteiger partial charge in [0.1, 0.15) is 18.1 Å². The Hall–Kier alpha value is -4.15. The number of hydrogen-bond acceptors (Lipinski definition) is 7. The second-order valence-electron chi connectivity index (χ2n) is 10.5. The highest BCUT2D eigenvalue weighted by Gasteiger charge is 2.20. The van der Waals surface area contributed by atoms with Crippen molar-refractivity contribution in [3.63, 3.8) is 0 Å². The van der Waals surface area contributed by atoms with Crippen molar-refractivity contribution in [1.29, 1.82) is 0 Å². The molecular formula is C29H34N6O4. The first-order valence-electron chi connectivity index (χ1n) is 13.1. The molecule has 2 aromatic heterocycles. The Balaban J connectivity index is 1.16. The number of carbonyl (C=O) groups is 1. The molecule has 2 aromatic carbocycles. The smallest absolute Gasteiger partial charge is 0.324 e. The number of morpholine rings is 1. The Morgan fingerprint density at radius 3 is 2.56 bits per heavy atom. The third-order valence-corrected chi connectivity index (χ3v) is 6.43. The molecule has 0 saturated carbocycles. The molecule has 1 saturated heterocycles. The SMILES string of the molecule is CC(C)(C)c1cc(NC(=O)Nc2ccc(-c3cc(-c4cccc(OCCN5CCOCC5)c4)n[nH]3)cc2)no1. The first-order valence-corrected chi connectivity index (χ1v) is 13.1. The van der Waals surface area contributed by atoms with Gasteiger partial charge < -0.3 is 19.3 Å². The summed E-state index contributed by atoms with van der Waals surface area (Å²) in [6.45, 7) is 11.0. The van der Waals surface area contributed by atoms with Crippen molar-refractivity contribution in [2.75, 3.05) is 50.1 Å². The molecule has 10 nitrogen and oxygen atoms in total. The van der Waals surface area contributed by atoms with E-state index in [1.54, 1.807) is 6.07 Å². The molecule has 204 valence electrons. The molecular weight excluding hydrogens is 496 g/mol. The number of anilines is 2. The van der Waals surface area contributed by atoms with Gasteiger partial charge in [0.25, 0.3) is 0 Å². The molecule has 3 N–H and O–H groups in total. The van der Waals surface area contributed by atoms with E-state index >= 15 is 0 Å². The monoisotopic (exact) mass is 530 g/mol. The Kier molecular flexibility index (Phi) is 7.94. The van der Waals surface area contributed by atoms with Crippen molar-refractivity contribution in [2.45, 2.75) is 26.2 Å². The van der Waals surface area contributed by atoms with E-state index in [9.17, 15) is 4.79 Å². The third kappa shape index (κ3) is 7.04. The van der Waals surface area contributed by atoms with Crippen LogP contribution in [0.4, 0.5) is 16.3 Å². The molecule has 39 heavy (non-hydrogen) atoms. The Bertz CT molecular complexity index is 1380. The van der Waals surface area contributed by atoms with E-state index < -0.39 is 6.03 Å². The Morgan fingerprint density at radius 2 is 1.82 bits per heavy atom. The number of aromatic nitrogens is 3. The average molecular weight is 531 g/mol. The van der Waals surface area contributed by atoms with E-state index in [1.165, 1.54) is 0 Å². The van der Waals surface area contributed by atoms with Gasteiger partial charge in [0.05, 0.1) is 24.6 Å². The molecule has 10 heteroatoms. The lowest BCUT2D eigenvalue weighted by Crippen LogP contribution is -2.38. The summed E-state index contributed by atoms with van der Waals surface area (Å²) in [4.78, 5) is 14.7. The lowest BCUT2D eigenvalue weighted by molar-refractivity contribution is 0.0322. The number of carbonyl (C=O) groups excluding carboxylic acids is 1. The summed E-state index contributed by atoms with van der Waals surface area (Å²) in [5.41, 5.74) is 4.08. The summed E-state index contributed by atoms with van der Waals surface area (Å²) in [6, 6.07) is 18.8. The number of ether oxygens (including phenoxy) is 2. The van der Waals surface area contributed by atoms with Crippen LogP contribution in [0.3, 0.4) is 0 Å². The van der Waals surface area contributed by atoms with Gasteiger partial charge in [0.2, 0.25) is 0 Å². The summed E-state index contributed by atoms with van der Waals surface area (Å²) >= 11 is 0. The fourth-order valence-corrected chi connectivity index (χ4v) is 4.18. The molecule has 0 aliphatic carbocycles. The third-order valence-electron chi connectivity index (χ3n) is 6.43. The minimum atomic E-state index is -0.396. The van der Waals surface area contributed by atoms with Gasteiger partial charge in [-0.1, -0.05) is 50.2 Å². The van der Waals surface area contributed by atoms with Crippen molar-refractivity contribution < 1.29 is 18.8 Å². The van der Waals surface area contributed by atoms with Crippen LogP contribution in [0.2, 0.25) is 0 Å². The number of nitrogens with zero attached hydrogens (tertiary/aromatic N) is 3. The maximum absolute atomic E-state index is 12.4. The van der Waals surface area contributed by atoms with Crippen LogP contribution in [-0.4, -0.2) is 65.7 Å². The van der Waals surface area contributed by atoms with Crippen molar-refractivity contribution in [1.82, 2.24) is 20.3 Å². The fourth-order valence-electron chi connectivity index (χ4n) is 4.18. The predicted molar refractivity (Wildman–Crippen MR) is 150 cm³/mol. The van der Waals surface area contributed by atoms with Gasteiger partial charge in [-0.05, 0) is 35.9 Å². The first kappa shape index (κ1) is 26.5. The molecule has 1 aliphatic heterocycles. The molecule has 0 atom stereocenters. The summed E-state index contributed by atoms with van der Waals surface area (Å²) in [6.07, 6.45) is 0. The highest BCUT2D eigenvalue weighted by molar-refractivity contribution is 5.99. The molecule has 0 spiro atoms. The Morgan fingerprint density at radius 1 is 1.03 bits per heavy atom. The van der Waals surface area contributed by atoms with Gasteiger partial charge in [-0.25, -0.2) is 4.79 Å². The van der Waals surface area contributed by atoms with E-state index in [0.717, 1.165) is 61.1 Å². The zero-order chi connectivity index (χ0) is 27.2. The summed E-state index contributed by atoms with van der Waals surface area (Å²) in [5.74, 6) is 1.88. The van der Waals surface area contributed by atoms with Gasteiger partial charge in [-0.2, -0.15) is 5.10 Å². The van der Waals surface area contributed by atoms with E-state index in [1.807, 2.05) is 75.4 Å². The largest absolute Gasteiger partial charge is 0.492 e. The molecule has 3 heterocycles. The molecule has 0 radical (unpaired) electrons. The van der Waals surface area contributed by atoms with Crippen molar-refractivity contribution in [2.24, 2.45) is 0 Å². The maximum Gasteiger partial charge on any atom is 0.324 e. The number of hydrogen-bond donors (Lipinski definition) is 3. The maximum atomic E-state index is 12.4. The number of nitrogens with one attached hydrogen (secondary N) is 3. The number of H-pyrrole nitrogens is 1. The summed E-state index contributed by atoms with van der Waals surface area (Å²) in [5, 5.41) is 17.0. The van der Waals surface area contributed by atoms with Gasteiger partial charge >= 0.3 is 6.03 Å². The number of rotatable bonds is 8. The van der Waals surface area contributed by atoms with E-state index in [-0.39, 0.29) is 5.41 Å². The molecule has 0 unspecified atom stereocenters. The standard InChI is InChI=1S/C29H34N6O4/c1-29(2,3)26-19-27(34-39-26)31-28(36)30-22-9-7-20(8-10-22)24-18-25(33-32-24)21-5-4-6-23(17-21)38-16-13-35-11-14-37-15-12-35/h4-10,17-19H,11-16H2,1-3H3,(H,32,33)(H2,30,31,34,36). The quantitative estimate of drug-likeness (QED) is 0.280. The van der Waals surface area contributed by atoms with Crippen LogP contribution in [0.25, 0.3) is 22.5 Å². The number of benzene rings is 2. The number of urea groups is 1. The second-order valence-corrected chi connectivity index (χ2v) is 10.5. The predicted octanol–water partition coefficient (Wildman–Crippen LogP) is 5.38. The molecule has 1 fully saturated rings. The molecule has 0 bridgehead atoms. The van der Waals surface area contributed by atoms with Crippen LogP contribution in [-0.2, 0) is 10.2 Å². The van der Waals surface area contributed by atoms with Gasteiger partial charge in [0.15, 0.2) is 5.82 Å². The average Bonchev–Trinajstić information content (AvgIpc) is 3.61. The first-order chi connectivity index (χ1) is 18.8. The van der Waals surface area contributed by atoms with Crippen LogP contribution in [0.5, 0.6) is 5.75 Å². The van der Waals surface area contributed by atoms with Crippen molar-refractivity contribution in [3.8, 4) is 28.3 Å². The lowest BCUT2D eigenvalue weighted by Gasteiger charge is -2.26. The number of aromatic amines is 1. The van der Waals surface area contributed by atoms with E-state index in [4.69, 9.17) is 14.0 Å². The summed E-state index contributed by atoms with van der Waals surface area (Å²) in [7, 11) is 0. The minimum absolute atomic E-state index is 0.189. The van der Waals surface area contributed by atoms with E-state index in [2.05, 4.69) is 30.9 Å². The lowest BCUT2D eigenvalue weighted by atomic mass is 9.93. The van der Waals surface area contributed by atoms with Crippen molar-refractivity contribution >= 4 is 17.5 Å². The highest BCUT2D eigenvalue weighted by Crippen LogP contribution is 2.28. The molecule has 4 aromatic rings. The van der Waals surface area contributed by atoms with Crippen LogP contribution >= 0.6 is 0 Å². The second kappa shape index (κ2) is 11.7. The minimum Gasteiger partial charge on any atom is -0.492 e. The van der Waals surface area contributed by atoms with Crippen LogP contribution in [0, 0.1) is 0 Å². The summed E-state index contributed by atoms with van der Waals surface area (Å²) < 4.78 is 16.7. The van der Waals surface area contributed by atoms with E-state index in [0.29, 0.717) is 23.9 Å². The fraction of sp³-hybridized carbons (Fsp3) is 0.345. The van der Waals surface area contributed by atoms with Gasteiger partial charge in [-0.15, -0.1) is 0 Å². The molecule has 2 amide bonds. The zero-order valence-corrected chi connectivity index (χ0v) is 22.5. The van der Waals surface area contributed by atoms with Crippen molar-refractivity contribution in [3.05, 3.63) is 66.4 Å². The Labute approximate surface area is 227 Å². The zero-order valence-electron chi connectivity index (χ0n) is 22.5. The van der Waals surface area contributed by atoms with Gasteiger partial charge in [-0.3, -0.25) is 15.3 Å². The normalized spacial score (nSPS) is 14.2. The van der Waals surface area contributed by atoms with Gasteiger partial charge in [0, 0.05) is 42.4 Å². The van der Waals surface area contributed by atoms with Crippen LogP contribution in [0.1, 0.15) is 26.5 Å². The van der Waals surface area contributed by atoms with Crippen LogP contribution in [0.15, 0.2) is 65.2 Å². The molecule has 1 aliphatic rings. The molecule has 5 rings (SSSR count). The highest BCUT2D eigenvalue weighted by atomic mass is 16.5. The topological polar surface area (TPSA) is 118 Å².